The first-order valence-corrected chi connectivity index (χ1v) is 10.7. The molecule has 5 nitrogen and oxygen atoms in total. The Kier molecular flexibility index (Phi) is 5.60. The lowest BCUT2D eigenvalue weighted by Crippen LogP contribution is -2.47. The molecule has 28 heavy (non-hydrogen) atoms. The summed E-state index contributed by atoms with van der Waals surface area (Å²) in [7, 11) is 3.51. The Bertz CT molecular complexity index is 693. The minimum Gasteiger partial charge on any atom is -0.493 e. The summed E-state index contributed by atoms with van der Waals surface area (Å²) in [5.41, 5.74) is 2.74. The van der Waals surface area contributed by atoms with E-state index >= 15 is 0 Å². The minimum absolute atomic E-state index is 0.0794. The van der Waals surface area contributed by atoms with Crippen LogP contribution in [0.2, 0.25) is 0 Å². The molecule has 0 aromatic heterocycles. The van der Waals surface area contributed by atoms with Crippen LogP contribution in [0.1, 0.15) is 63.6 Å². The lowest BCUT2D eigenvalue weighted by molar-refractivity contribution is -0.0972. The smallest absolute Gasteiger partial charge is 0.161 e. The van der Waals surface area contributed by atoms with Crippen LogP contribution in [-0.2, 0) is 15.9 Å². The second kappa shape index (κ2) is 7.85. The van der Waals surface area contributed by atoms with Crippen LogP contribution in [0.5, 0.6) is 11.5 Å². The highest BCUT2D eigenvalue weighted by atomic mass is 16.5. The average Bonchev–Trinajstić information content (AvgIpc) is 2.61. The van der Waals surface area contributed by atoms with Gasteiger partial charge in [-0.25, -0.2) is 0 Å². The molecule has 0 bridgehead atoms. The second-order valence-corrected chi connectivity index (χ2v) is 9.46. The molecule has 0 N–H and O–H groups in total. The average molecular weight is 390 g/mol. The molecule has 1 aliphatic carbocycles. The molecule has 1 aromatic rings. The van der Waals surface area contributed by atoms with Crippen molar-refractivity contribution in [3.63, 3.8) is 0 Å². The van der Waals surface area contributed by atoms with Gasteiger partial charge < -0.3 is 18.9 Å². The normalized spacial score (nSPS) is 30.2. The maximum atomic E-state index is 6.26. The van der Waals surface area contributed by atoms with Gasteiger partial charge in [0.25, 0.3) is 0 Å². The van der Waals surface area contributed by atoms with Crippen molar-refractivity contribution in [3.05, 3.63) is 23.3 Å². The highest BCUT2D eigenvalue weighted by molar-refractivity contribution is 5.50. The molecule has 4 rings (SSSR count). The topological polar surface area (TPSA) is 40.2 Å². The molecule has 0 spiro atoms. The van der Waals surface area contributed by atoms with E-state index in [9.17, 15) is 0 Å². The number of hydrogen-bond donors (Lipinski definition) is 0. The van der Waals surface area contributed by atoms with Crippen LogP contribution in [0.15, 0.2) is 12.1 Å². The van der Waals surface area contributed by atoms with Crippen LogP contribution >= 0.6 is 0 Å². The van der Waals surface area contributed by atoms with E-state index < -0.39 is 0 Å². The summed E-state index contributed by atoms with van der Waals surface area (Å²) in [5.74, 6) is 1.74. The van der Waals surface area contributed by atoms with E-state index in [0.29, 0.717) is 18.2 Å². The fourth-order valence-corrected chi connectivity index (χ4v) is 4.85. The third-order valence-corrected chi connectivity index (χ3v) is 6.29. The van der Waals surface area contributed by atoms with Crippen LogP contribution in [0.3, 0.4) is 0 Å². The Morgan fingerprint density at radius 1 is 0.964 bits per heavy atom. The number of fused-ring (bicyclic) bond motifs is 3. The third-order valence-electron chi connectivity index (χ3n) is 6.29. The highest BCUT2D eigenvalue weighted by Crippen LogP contribution is 2.43. The van der Waals surface area contributed by atoms with Crippen LogP contribution < -0.4 is 9.47 Å². The zero-order chi connectivity index (χ0) is 19.9. The molecule has 2 unspecified atom stereocenters. The molecule has 2 heterocycles. The molecule has 0 amide bonds. The summed E-state index contributed by atoms with van der Waals surface area (Å²) < 4.78 is 23.6. The first-order valence-electron chi connectivity index (χ1n) is 10.7. The van der Waals surface area contributed by atoms with Crippen molar-refractivity contribution in [2.24, 2.45) is 0 Å². The van der Waals surface area contributed by atoms with E-state index in [4.69, 9.17) is 18.9 Å². The van der Waals surface area contributed by atoms with Gasteiger partial charge in [-0.05, 0) is 63.3 Å². The van der Waals surface area contributed by atoms with Crippen molar-refractivity contribution in [1.29, 1.82) is 0 Å². The minimum atomic E-state index is -0.0794. The summed E-state index contributed by atoms with van der Waals surface area (Å²) in [6.07, 6.45) is 6.13. The van der Waals surface area contributed by atoms with Gasteiger partial charge in [0, 0.05) is 39.1 Å². The Balaban J connectivity index is 1.48. The fraction of sp³-hybridized carbons (Fsp3) is 0.739. The number of hydrogen-bond acceptors (Lipinski definition) is 5. The van der Waals surface area contributed by atoms with E-state index in [1.165, 1.54) is 11.1 Å². The number of piperidine rings is 1. The molecule has 1 aromatic carbocycles. The maximum Gasteiger partial charge on any atom is 0.161 e. The Hall–Kier alpha value is -1.30. The zero-order valence-corrected chi connectivity index (χ0v) is 18.0. The summed E-state index contributed by atoms with van der Waals surface area (Å²) in [5, 5.41) is 0. The van der Waals surface area contributed by atoms with Crippen molar-refractivity contribution in [2.75, 3.05) is 27.3 Å². The molecule has 2 aliphatic heterocycles. The van der Waals surface area contributed by atoms with Crippen molar-refractivity contribution < 1.29 is 18.9 Å². The lowest BCUT2D eigenvalue weighted by Gasteiger charge is -2.45. The van der Waals surface area contributed by atoms with Gasteiger partial charge in [-0.1, -0.05) is 0 Å². The molecule has 1 saturated carbocycles. The molecule has 5 heteroatoms. The molecular weight excluding hydrogens is 354 g/mol. The van der Waals surface area contributed by atoms with Crippen molar-refractivity contribution in [2.45, 2.75) is 82.8 Å². The first kappa shape index (κ1) is 20.0. The van der Waals surface area contributed by atoms with E-state index in [2.05, 4.69) is 37.8 Å². The van der Waals surface area contributed by atoms with Crippen molar-refractivity contribution >= 4 is 0 Å². The molecule has 3 aliphatic rings. The Labute approximate surface area is 169 Å². The van der Waals surface area contributed by atoms with Crippen LogP contribution in [-0.4, -0.2) is 56.1 Å². The van der Waals surface area contributed by atoms with Crippen molar-refractivity contribution in [3.8, 4) is 11.5 Å². The highest BCUT2D eigenvalue weighted by Gasteiger charge is 2.36. The number of methoxy groups -OCH3 is 2. The predicted octanol–water partition coefficient (Wildman–Crippen LogP) is 4.13. The fourth-order valence-electron chi connectivity index (χ4n) is 4.85. The Morgan fingerprint density at radius 2 is 1.75 bits per heavy atom. The molecule has 0 radical (unpaired) electrons. The van der Waals surface area contributed by atoms with Crippen LogP contribution in [0.25, 0.3) is 0 Å². The van der Waals surface area contributed by atoms with Gasteiger partial charge in [-0.2, -0.15) is 0 Å². The van der Waals surface area contributed by atoms with E-state index in [1.54, 1.807) is 14.2 Å². The monoisotopic (exact) mass is 389 g/mol. The van der Waals surface area contributed by atoms with E-state index in [1.807, 2.05) is 0 Å². The summed E-state index contributed by atoms with van der Waals surface area (Å²) in [6.45, 7) is 8.54. The van der Waals surface area contributed by atoms with Gasteiger partial charge in [0.15, 0.2) is 11.5 Å². The first-order chi connectivity index (χ1) is 13.4. The SMILES string of the molecule is COc1cc2c(cc1OC1CC(OC)C1)CCN1CC(OC(C)(C)C)CCC21. The van der Waals surface area contributed by atoms with Gasteiger partial charge in [0.1, 0.15) is 6.10 Å². The second-order valence-electron chi connectivity index (χ2n) is 9.46. The quantitative estimate of drug-likeness (QED) is 0.757. The van der Waals surface area contributed by atoms with Gasteiger partial charge >= 0.3 is 0 Å². The van der Waals surface area contributed by atoms with Crippen LogP contribution in [0.4, 0.5) is 0 Å². The molecule has 156 valence electrons. The molecule has 1 saturated heterocycles. The van der Waals surface area contributed by atoms with Gasteiger partial charge in [-0.15, -0.1) is 0 Å². The third kappa shape index (κ3) is 4.17. The Morgan fingerprint density at radius 3 is 2.43 bits per heavy atom. The number of rotatable bonds is 5. The van der Waals surface area contributed by atoms with Crippen molar-refractivity contribution in [1.82, 2.24) is 4.90 Å². The van der Waals surface area contributed by atoms with E-state index in [-0.39, 0.29) is 11.7 Å². The molecular formula is C23H35NO4. The largest absolute Gasteiger partial charge is 0.493 e. The lowest BCUT2D eigenvalue weighted by atomic mass is 9.85. The maximum absolute atomic E-state index is 6.26. The number of benzene rings is 1. The molecule has 2 fully saturated rings. The zero-order valence-electron chi connectivity index (χ0n) is 18.0. The van der Waals surface area contributed by atoms with Gasteiger partial charge in [0.2, 0.25) is 0 Å². The molecule has 2 atom stereocenters. The van der Waals surface area contributed by atoms with Gasteiger partial charge in [0.05, 0.1) is 24.9 Å². The van der Waals surface area contributed by atoms with E-state index in [0.717, 1.165) is 56.7 Å². The summed E-state index contributed by atoms with van der Waals surface area (Å²) in [4.78, 5) is 2.59. The standard InChI is InChI=1S/C23H35NO4/c1-23(2,3)28-16-6-7-20-19-13-21(26-5)22(27-18-11-17(12-18)25-4)10-15(19)8-9-24(20)14-16/h10,13,16-18,20H,6-9,11-12,14H2,1-5H3. The summed E-state index contributed by atoms with van der Waals surface area (Å²) >= 11 is 0. The van der Waals surface area contributed by atoms with Gasteiger partial charge in [-0.3, -0.25) is 4.90 Å². The predicted molar refractivity (Wildman–Crippen MR) is 109 cm³/mol. The number of ether oxygens (including phenoxy) is 4. The number of nitrogens with zero attached hydrogens (tertiary/aromatic N) is 1. The van der Waals surface area contributed by atoms with Crippen LogP contribution in [0, 0.1) is 0 Å². The summed E-state index contributed by atoms with van der Waals surface area (Å²) in [6, 6.07) is 4.91.